The van der Waals surface area contributed by atoms with Gasteiger partial charge in [-0.05, 0) is 19.8 Å². The minimum absolute atomic E-state index is 0.0324. The van der Waals surface area contributed by atoms with Crippen LogP contribution in [0, 0.1) is 5.41 Å². The van der Waals surface area contributed by atoms with E-state index in [9.17, 15) is 9.59 Å². The molecule has 5 nitrogen and oxygen atoms in total. The van der Waals surface area contributed by atoms with Crippen LogP contribution in [-0.2, 0) is 23.8 Å². The van der Waals surface area contributed by atoms with Gasteiger partial charge in [-0.1, -0.05) is 0 Å². The summed E-state index contributed by atoms with van der Waals surface area (Å²) in [7, 11) is 0. The third-order valence-electron chi connectivity index (χ3n) is 3.41. The molecule has 0 amide bonds. The first-order valence-electron chi connectivity index (χ1n) is 6.13. The Balaban J connectivity index is 2.11. The van der Waals surface area contributed by atoms with Crippen LogP contribution < -0.4 is 0 Å². The Morgan fingerprint density at radius 3 is 2.71 bits per heavy atom. The molecular formula is C12H18O5. The Morgan fingerprint density at radius 1 is 1.47 bits per heavy atom. The van der Waals surface area contributed by atoms with E-state index in [1.54, 1.807) is 6.92 Å². The minimum Gasteiger partial charge on any atom is -0.465 e. The lowest BCUT2D eigenvalue weighted by molar-refractivity contribution is -0.165. The summed E-state index contributed by atoms with van der Waals surface area (Å²) in [6, 6.07) is 0. The SMILES string of the molecule is CCOC(=O)C1(CC2OCCO2)CCCC1=O. The van der Waals surface area contributed by atoms with Crippen molar-refractivity contribution in [3.8, 4) is 0 Å². The smallest absolute Gasteiger partial charge is 0.319 e. The van der Waals surface area contributed by atoms with Gasteiger partial charge < -0.3 is 14.2 Å². The molecule has 0 spiro atoms. The summed E-state index contributed by atoms with van der Waals surface area (Å²) in [5.41, 5.74) is -1.02. The highest BCUT2D eigenvalue weighted by molar-refractivity contribution is 6.05. The van der Waals surface area contributed by atoms with Gasteiger partial charge in [-0.2, -0.15) is 0 Å². The van der Waals surface area contributed by atoms with Crippen molar-refractivity contribution in [2.45, 2.75) is 38.9 Å². The van der Waals surface area contributed by atoms with Crippen LogP contribution in [0.15, 0.2) is 0 Å². The van der Waals surface area contributed by atoms with Crippen molar-refractivity contribution in [3.05, 3.63) is 0 Å². The molecule has 0 radical (unpaired) electrons. The van der Waals surface area contributed by atoms with Crippen LogP contribution in [0.25, 0.3) is 0 Å². The number of carbonyl (C=O) groups is 2. The van der Waals surface area contributed by atoms with Crippen molar-refractivity contribution in [2.24, 2.45) is 5.41 Å². The number of carbonyl (C=O) groups excluding carboxylic acids is 2. The summed E-state index contributed by atoms with van der Waals surface area (Å²) in [5.74, 6) is -0.448. The van der Waals surface area contributed by atoms with Crippen LogP contribution in [0.5, 0.6) is 0 Å². The van der Waals surface area contributed by atoms with E-state index in [-0.39, 0.29) is 5.78 Å². The lowest BCUT2D eigenvalue weighted by Gasteiger charge is -2.26. The topological polar surface area (TPSA) is 61.8 Å². The van der Waals surface area contributed by atoms with Gasteiger partial charge in [0.25, 0.3) is 0 Å². The van der Waals surface area contributed by atoms with Crippen molar-refractivity contribution >= 4 is 11.8 Å². The van der Waals surface area contributed by atoms with Gasteiger partial charge in [0, 0.05) is 12.8 Å². The van der Waals surface area contributed by atoms with Crippen LogP contribution in [0.2, 0.25) is 0 Å². The van der Waals surface area contributed by atoms with Gasteiger partial charge >= 0.3 is 5.97 Å². The van der Waals surface area contributed by atoms with Gasteiger partial charge in [0.15, 0.2) is 6.29 Å². The zero-order valence-electron chi connectivity index (χ0n) is 10.1. The maximum atomic E-state index is 12.0. The molecule has 0 bridgehead atoms. The lowest BCUT2D eigenvalue weighted by Crippen LogP contribution is -2.40. The van der Waals surface area contributed by atoms with Crippen molar-refractivity contribution < 1.29 is 23.8 Å². The van der Waals surface area contributed by atoms with Crippen LogP contribution in [-0.4, -0.2) is 37.9 Å². The fourth-order valence-corrected chi connectivity index (χ4v) is 2.52. The molecule has 1 aliphatic heterocycles. The van der Waals surface area contributed by atoms with E-state index in [4.69, 9.17) is 14.2 Å². The molecule has 2 rings (SSSR count). The maximum Gasteiger partial charge on any atom is 0.319 e. The van der Waals surface area contributed by atoms with Crippen LogP contribution in [0.1, 0.15) is 32.6 Å². The third kappa shape index (κ3) is 2.35. The molecule has 0 aromatic carbocycles. The largest absolute Gasteiger partial charge is 0.465 e. The summed E-state index contributed by atoms with van der Waals surface area (Å²) >= 11 is 0. The Hall–Kier alpha value is -0.940. The number of rotatable bonds is 4. The van der Waals surface area contributed by atoms with Gasteiger partial charge in [0.2, 0.25) is 0 Å². The molecule has 1 heterocycles. The molecule has 1 unspecified atom stereocenters. The molecule has 0 aromatic rings. The molecule has 5 heteroatoms. The van der Waals surface area contributed by atoms with E-state index in [0.29, 0.717) is 39.1 Å². The van der Waals surface area contributed by atoms with E-state index in [1.807, 2.05) is 0 Å². The van der Waals surface area contributed by atoms with Gasteiger partial charge in [-0.3, -0.25) is 9.59 Å². The standard InChI is InChI=1S/C12H18O5/c1-2-15-11(14)12(5-3-4-9(12)13)8-10-16-6-7-17-10/h10H,2-8H2,1H3. The van der Waals surface area contributed by atoms with E-state index in [2.05, 4.69) is 0 Å². The quantitative estimate of drug-likeness (QED) is 0.544. The van der Waals surface area contributed by atoms with Crippen LogP contribution in [0.3, 0.4) is 0 Å². The molecule has 2 aliphatic rings. The minimum atomic E-state index is -1.02. The number of hydrogen-bond donors (Lipinski definition) is 0. The molecule has 96 valence electrons. The average Bonchev–Trinajstić information content (AvgIpc) is 2.91. The first-order chi connectivity index (χ1) is 8.19. The van der Waals surface area contributed by atoms with Gasteiger partial charge in [-0.15, -0.1) is 0 Å². The molecule has 1 saturated heterocycles. The molecule has 1 saturated carbocycles. The molecular weight excluding hydrogens is 224 g/mol. The second kappa shape index (κ2) is 5.14. The first kappa shape index (κ1) is 12.5. The fraction of sp³-hybridized carbons (Fsp3) is 0.833. The zero-order chi connectivity index (χ0) is 12.3. The summed E-state index contributed by atoms with van der Waals surface area (Å²) in [6.45, 7) is 3.09. The zero-order valence-corrected chi connectivity index (χ0v) is 10.1. The van der Waals surface area contributed by atoms with Gasteiger partial charge in [0.05, 0.1) is 19.8 Å². The summed E-state index contributed by atoms with van der Waals surface area (Å²) in [4.78, 5) is 24.0. The second-order valence-corrected chi connectivity index (χ2v) is 4.45. The summed E-state index contributed by atoms with van der Waals surface area (Å²) in [6.07, 6.45) is 1.59. The first-order valence-corrected chi connectivity index (χ1v) is 6.13. The average molecular weight is 242 g/mol. The number of ketones is 1. The van der Waals surface area contributed by atoms with Gasteiger partial charge in [-0.25, -0.2) is 0 Å². The van der Waals surface area contributed by atoms with Crippen molar-refractivity contribution in [1.82, 2.24) is 0 Å². The van der Waals surface area contributed by atoms with Crippen LogP contribution in [0.4, 0.5) is 0 Å². The molecule has 0 N–H and O–H groups in total. The summed E-state index contributed by atoms with van der Waals surface area (Å²) < 4.78 is 15.7. The molecule has 0 aromatic heterocycles. The predicted octanol–water partition coefficient (Wildman–Crippen LogP) is 1.05. The molecule has 2 fully saturated rings. The van der Waals surface area contributed by atoms with Crippen molar-refractivity contribution in [2.75, 3.05) is 19.8 Å². The van der Waals surface area contributed by atoms with Crippen LogP contribution >= 0.6 is 0 Å². The number of hydrogen-bond acceptors (Lipinski definition) is 5. The third-order valence-corrected chi connectivity index (χ3v) is 3.41. The predicted molar refractivity (Wildman–Crippen MR) is 58.2 cm³/mol. The molecule has 1 atom stereocenters. The molecule has 1 aliphatic carbocycles. The number of ether oxygens (including phenoxy) is 3. The van der Waals surface area contributed by atoms with Crippen molar-refractivity contribution in [1.29, 1.82) is 0 Å². The van der Waals surface area contributed by atoms with E-state index in [0.717, 1.165) is 6.42 Å². The highest BCUT2D eigenvalue weighted by atomic mass is 16.7. The Morgan fingerprint density at radius 2 is 2.18 bits per heavy atom. The molecule has 17 heavy (non-hydrogen) atoms. The monoisotopic (exact) mass is 242 g/mol. The van der Waals surface area contributed by atoms with Crippen molar-refractivity contribution in [3.63, 3.8) is 0 Å². The highest BCUT2D eigenvalue weighted by Gasteiger charge is 2.51. The highest BCUT2D eigenvalue weighted by Crippen LogP contribution is 2.41. The number of esters is 1. The summed E-state index contributed by atoms with van der Waals surface area (Å²) in [5, 5.41) is 0. The lowest BCUT2D eigenvalue weighted by atomic mass is 9.81. The second-order valence-electron chi connectivity index (χ2n) is 4.45. The Bertz CT molecular complexity index is 308. The normalized spacial score (nSPS) is 29.8. The fourth-order valence-electron chi connectivity index (χ4n) is 2.52. The van der Waals surface area contributed by atoms with E-state index < -0.39 is 17.7 Å². The maximum absolute atomic E-state index is 12.0. The van der Waals surface area contributed by atoms with Gasteiger partial charge in [0.1, 0.15) is 11.2 Å². The number of Topliss-reactive ketones (excluding diaryl/α,β-unsaturated/α-hetero) is 1. The Labute approximate surface area is 100 Å². The Kier molecular flexibility index (Phi) is 3.79. The van der Waals surface area contributed by atoms with E-state index in [1.165, 1.54) is 0 Å². The van der Waals surface area contributed by atoms with E-state index >= 15 is 0 Å².